The molecule has 1 aliphatic rings. The van der Waals surface area contributed by atoms with Gasteiger partial charge in [0.25, 0.3) is 0 Å². The molecule has 0 aromatic carbocycles. The molecule has 1 aliphatic carbocycles. The van der Waals surface area contributed by atoms with Crippen LogP contribution in [0.4, 0.5) is 0 Å². The fourth-order valence-electron chi connectivity index (χ4n) is 3.14. The third kappa shape index (κ3) is 2.12. The predicted molar refractivity (Wildman–Crippen MR) is 73.8 cm³/mol. The molecule has 5 nitrogen and oxygen atoms in total. The van der Waals surface area contributed by atoms with Crippen molar-refractivity contribution in [3.05, 3.63) is 23.4 Å². The molecule has 0 aliphatic heterocycles. The first kappa shape index (κ1) is 12.5. The lowest BCUT2D eigenvalue weighted by Crippen LogP contribution is -2.38. The van der Waals surface area contributed by atoms with Crippen molar-refractivity contribution in [3.63, 3.8) is 0 Å². The van der Waals surface area contributed by atoms with Crippen molar-refractivity contribution < 1.29 is 0 Å². The van der Waals surface area contributed by atoms with E-state index in [0.717, 1.165) is 35.8 Å². The van der Waals surface area contributed by atoms with Crippen LogP contribution in [0, 0.1) is 13.8 Å². The smallest absolute Gasteiger partial charge is 0.164 e. The van der Waals surface area contributed by atoms with E-state index in [1.54, 1.807) is 0 Å². The largest absolute Gasteiger partial charge is 0.319 e. The fourth-order valence-corrected chi connectivity index (χ4v) is 3.14. The van der Waals surface area contributed by atoms with E-state index >= 15 is 0 Å². The number of nitrogens with two attached hydrogens (primary N) is 1. The first-order chi connectivity index (χ1) is 9.10. The van der Waals surface area contributed by atoms with E-state index in [1.807, 2.05) is 24.3 Å². The Labute approximate surface area is 113 Å². The standard InChI is InChI=1S/C14H21N5/c1-10-9-12-17-18-13(19(12)11(2)16-10)14(15)7-5-3-4-6-8-14/h9H,3-8,15H2,1-2H3. The monoisotopic (exact) mass is 259 g/mol. The Balaban J connectivity index is 2.14. The molecule has 0 amide bonds. The minimum atomic E-state index is -0.350. The van der Waals surface area contributed by atoms with Gasteiger partial charge in [0.15, 0.2) is 11.5 Å². The second-order valence-corrected chi connectivity index (χ2v) is 5.73. The molecular formula is C14H21N5. The zero-order valence-corrected chi connectivity index (χ0v) is 11.7. The van der Waals surface area contributed by atoms with Crippen molar-refractivity contribution in [3.8, 4) is 0 Å². The second kappa shape index (κ2) is 4.56. The van der Waals surface area contributed by atoms with Crippen LogP contribution in [-0.2, 0) is 5.54 Å². The molecule has 1 fully saturated rings. The number of hydrogen-bond acceptors (Lipinski definition) is 4. The Bertz CT molecular complexity index is 593. The summed E-state index contributed by atoms with van der Waals surface area (Å²) < 4.78 is 2.03. The lowest BCUT2D eigenvalue weighted by molar-refractivity contribution is 0.358. The summed E-state index contributed by atoms with van der Waals surface area (Å²) in [6.45, 7) is 3.97. The summed E-state index contributed by atoms with van der Waals surface area (Å²) in [5.74, 6) is 1.80. The van der Waals surface area contributed by atoms with Gasteiger partial charge in [0, 0.05) is 11.8 Å². The highest BCUT2D eigenvalue weighted by Crippen LogP contribution is 2.33. The van der Waals surface area contributed by atoms with Crippen molar-refractivity contribution in [2.24, 2.45) is 5.73 Å². The predicted octanol–water partition coefficient (Wildman–Crippen LogP) is 2.25. The van der Waals surface area contributed by atoms with E-state index in [1.165, 1.54) is 25.7 Å². The zero-order valence-electron chi connectivity index (χ0n) is 11.7. The van der Waals surface area contributed by atoms with Crippen LogP contribution in [-0.4, -0.2) is 19.6 Å². The third-order valence-electron chi connectivity index (χ3n) is 4.13. The van der Waals surface area contributed by atoms with Gasteiger partial charge in [-0.2, -0.15) is 0 Å². The van der Waals surface area contributed by atoms with E-state index in [0.29, 0.717) is 0 Å². The average Bonchev–Trinajstić information content (AvgIpc) is 2.66. The Hall–Kier alpha value is -1.49. The van der Waals surface area contributed by atoms with Crippen LogP contribution >= 0.6 is 0 Å². The van der Waals surface area contributed by atoms with Gasteiger partial charge in [-0.3, -0.25) is 4.40 Å². The maximum absolute atomic E-state index is 6.65. The summed E-state index contributed by atoms with van der Waals surface area (Å²) in [7, 11) is 0. The van der Waals surface area contributed by atoms with Gasteiger partial charge in [-0.15, -0.1) is 10.2 Å². The van der Waals surface area contributed by atoms with Crippen LogP contribution in [0.3, 0.4) is 0 Å². The van der Waals surface area contributed by atoms with Crippen LogP contribution < -0.4 is 5.73 Å². The summed E-state index contributed by atoms with van der Waals surface area (Å²) in [5, 5.41) is 8.67. The van der Waals surface area contributed by atoms with Crippen LogP contribution in [0.25, 0.3) is 5.65 Å². The van der Waals surface area contributed by atoms with Crippen LogP contribution in [0.15, 0.2) is 6.07 Å². The number of aryl methyl sites for hydroxylation is 2. The molecule has 2 aromatic rings. The molecule has 0 atom stereocenters. The topological polar surface area (TPSA) is 69.1 Å². The van der Waals surface area contributed by atoms with Crippen molar-refractivity contribution in [2.75, 3.05) is 0 Å². The molecule has 0 unspecified atom stereocenters. The summed E-state index contributed by atoms with van der Waals surface area (Å²) in [4.78, 5) is 4.51. The molecule has 2 aromatic heterocycles. The van der Waals surface area contributed by atoms with Crippen LogP contribution in [0.2, 0.25) is 0 Å². The number of aromatic nitrogens is 4. The molecule has 2 N–H and O–H groups in total. The molecule has 0 bridgehead atoms. The Morgan fingerprint density at radius 1 is 1.11 bits per heavy atom. The maximum atomic E-state index is 6.65. The molecule has 0 radical (unpaired) electrons. The Morgan fingerprint density at radius 3 is 2.47 bits per heavy atom. The fraction of sp³-hybridized carbons (Fsp3) is 0.643. The number of rotatable bonds is 1. The van der Waals surface area contributed by atoms with Gasteiger partial charge >= 0.3 is 0 Å². The summed E-state index contributed by atoms with van der Waals surface area (Å²) in [6, 6.07) is 1.96. The summed E-state index contributed by atoms with van der Waals surface area (Å²) >= 11 is 0. The molecule has 3 rings (SSSR count). The van der Waals surface area contributed by atoms with Gasteiger partial charge in [0.1, 0.15) is 5.82 Å². The van der Waals surface area contributed by atoms with E-state index in [9.17, 15) is 0 Å². The van der Waals surface area contributed by atoms with Crippen molar-refractivity contribution in [1.29, 1.82) is 0 Å². The third-order valence-corrected chi connectivity index (χ3v) is 4.13. The van der Waals surface area contributed by atoms with Crippen molar-refractivity contribution in [2.45, 2.75) is 57.9 Å². The van der Waals surface area contributed by atoms with Crippen molar-refractivity contribution >= 4 is 5.65 Å². The van der Waals surface area contributed by atoms with Gasteiger partial charge in [0.05, 0.1) is 5.54 Å². The average molecular weight is 259 g/mol. The molecule has 2 heterocycles. The summed E-state index contributed by atoms with van der Waals surface area (Å²) in [5.41, 5.74) is 8.12. The first-order valence-electron chi connectivity index (χ1n) is 7.09. The number of nitrogens with zero attached hydrogens (tertiary/aromatic N) is 4. The lowest BCUT2D eigenvalue weighted by atomic mass is 9.90. The molecule has 5 heteroatoms. The highest BCUT2D eigenvalue weighted by atomic mass is 15.3. The van der Waals surface area contributed by atoms with Gasteiger partial charge in [-0.25, -0.2) is 4.98 Å². The SMILES string of the molecule is Cc1cc2nnc(C3(N)CCCCCC3)n2c(C)n1. The molecule has 19 heavy (non-hydrogen) atoms. The van der Waals surface area contributed by atoms with Crippen molar-refractivity contribution in [1.82, 2.24) is 19.6 Å². The normalized spacial score (nSPS) is 19.5. The second-order valence-electron chi connectivity index (χ2n) is 5.73. The number of fused-ring (bicyclic) bond motifs is 1. The quantitative estimate of drug-likeness (QED) is 0.797. The van der Waals surface area contributed by atoms with E-state index < -0.39 is 0 Å². The van der Waals surface area contributed by atoms with E-state index in [-0.39, 0.29) is 5.54 Å². The Morgan fingerprint density at radius 2 is 1.79 bits per heavy atom. The lowest BCUT2D eigenvalue weighted by Gasteiger charge is -2.26. The zero-order chi connectivity index (χ0) is 13.5. The molecule has 0 spiro atoms. The van der Waals surface area contributed by atoms with Gasteiger partial charge in [0.2, 0.25) is 0 Å². The molecular weight excluding hydrogens is 238 g/mol. The molecule has 102 valence electrons. The minimum Gasteiger partial charge on any atom is -0.319 e. The molecule has 1 saturated carbocycles. The minimum absolute atomic E-state index is 0.350. The molecule has 0 saturated heterocycles. The van der Waals surface area contributed by atoms with Crippen LogP contribution in [0.5, 0.6) is 0 Å². The highest BCUT2D eigenvalue weighted by Gasteiger charge is 2.33. The van der Waals surface area contributed by atoms with Crippen LogP contribution in [0.1, 0.15) is 55.9 Å². The van der Waals surface area contributed by atoms with Gasteiger partial charge in [-0.05, 0) is 26.7 Å². The van der Waals surface area contributed by atoms with E-state index in [2.05, 4.69) is 15.2 Å². The highest BCUT2D eigenvalue weighted by molar-refractivity contribution is 5.41. The Kier molecular flexibility index (Phi) is 3.01. The summed E-state index contributed by atoms with van der Waals surface area (Å²) in [6.07, 6.45) is 6.85. The first-order valence-corrected chi connectivity index (χ1v) is 7.09. The number of hydrogen-bond donors (Lipinski definition) is 1. The van der Waals surface area contributed by atoms with E-state index in [4.69, 9.17) is 5.73 Å². The van der Waals surface area contributed by atoms with Gasteiger partial charge < -0.3 is 5.73 Å². The van der Waals surface area contributed by atoms with Gasteiger partial charge in [-0.1, -0.05) is 25.7 Å². The maximum Gasteiger partial charge on any atom is 0.164 e.